The number of nitrogens with one attached hydrogen (secondary N) is 1. The summed E-state index contributed by atoms with van der Waals surface area (Å²) in [5.74, 6) is 1.70. The van der Waals surface area contributed by atoms with Crippen molar-refractivity contribution in [3.63, 3.8) is 0 Å². The van der Waals surface area contributed by atoms with Gasteiger partial charge in [-0.05, 0) is 24.0 Å². The van der Waals surface area contributed by atoms with E-state index in [4.69, 9.17) is 4.74 Å². The van der Waals surface area contributed by atoms with Crippen LogP contribution in [-0.4, -0.2) is 71.0 Å². The fourth-order valence-corrected chi connectivity index (χ4v) is 4.48. The van der Waals surface area contributed by atoms with E-state index in [9.17, 15) is 5.11 Å². The standard InChI is InChI=1S/C21H27N5O2/c27-19-11-26(21-9-20(22-14-23-21)24-17-12-28-13-17)8-6-18(19)25-7-5-15-3-1-2-4-16(15)10-25/h1-4,9,14,17-19,27H,5-8,10-13H2,(H,22,23,24). The molecule has 3 aliphatic rings. The zero-order valence-electron chi connectivity index (χ0n) is 16.0. The van der Waals surface area contributed by atoms with Gasteiger partial charge >= 0.3 is 0 Å². The molecule has 7 nitrogen and oxygen atoms in total. The number of nitrogens with zero attached hydrogens (tertiary/aromatic N) is 4. The Morgan fingerprint density at radius 2 is 1.96 bits per heavy atom. The molecular formula is C21H27N5O2. The van der Waals surface area contributed by atoms with Crippen LogP contribution in [0.3, 0.4) is 0 Å². The highest BCUT2D eigenvalue weighted by Crippen LogP contribution is 2.27. The second kappa shape index (κ2) is 7.66. The molecule has 0 bridgehead atoms. The maximum Gasteiger partial charge on any atom is 0.134 e. The number of anilines is 2. The van der Waals surface area contributed by atoms with Crippen LogP contribution in [-0.2, 0) is 17.7 Å². The van der Waals surface area contributed by atoms with Crippen LogP contribution in [0.5, 0.6) is 0 Å². The Kier molecular flexibility index (Phi) is 4.88. The van der Waals surface area contributed by atoms with E-state index in [1.165, 1.54) is 11.1 Å². The Morgan fingerprint density at radius 3 is 2.75 bits per heavy atom. The molecule has 0 amide bonds. The Bertz CT molecular complexity index is 828. The van der Waals surface area contributed by atoms with Crippen LogP contribution in [0.2, 0.25) is 0 Å². The minimum absolute atomic E-state index is 0.205. The summed E-state index contributed by atoms with van der Waals surface area (Å²) in [5.41, 5.74) is 2.85. The lowest BCUT2D eigenvalue weighted by Gasteiger charge is -2.43. The summed E-state index contributed by atoms with van der Waals surface area (Å²) < 4.78 is 5.21. The molecule has 2 aromatic rings. The van der Waals surface area contributed by atoms with Crippen LogP contribution in [0.15, 0.2) is 36.7 Å². The molecular weight excluding hydrogens is 354 g/mol. The Labute approximate surface area is 165 Å². The fraction of sp³-hybridized carbons (Fsp3) is 0.524. The number of hydrogen-bond donors (Lipinski definition) is 2. The van der Waals surface area contributed by atoms with Crippen LogP contribution < -0.4 is 10.2 Å². The summed E-state index contributed by atoms with van der Waals surface area (Å²) in [6, 6.07) is 11.2. The first-order valence-electron chi connectivity index (χ1n) is 10.2. The molecule has 2 fully saturated rings. The third-order valence-corrected chi connectivity index (χ3v) is 6.14. The number of aliphatic hydroxyl groups excluding tert-OH is 1. The third kappa shape index (κ3) is 3.57. The molecule has 2 unspecified atom stereocenters. The number of benzene rings is 1. The van der Waals surface area contributed by atoms with Gasteiger partial charge in [0.2, 0.25) is 0 Å². The molecule has 5 rings (SSSR count). The summed E-state index contributed by atoms with van der Waals surface area (Å²) in [4.78, 5) is 13.4. The molecule has 3 aliphatic heterocycles. The van der Waals surface area contributed by atoms with Gasteiger partial charge in [-0.2, -0.15) is 0 Å². The van der Waals surface area contributed by atoms with Gasteiger partial charge in [-0.3, -0.25) is 4.90 Å². The number of aromatic nitrogens is 2. The number of hydrogen-bond acceptors (Lipinski definition) is 7. The van der Waals surface area contributed by atoms with Crippen LogP contribution in [0.4, 0.5) is 11.6 Å². The Balaban J connectivity index is 1.23. The number of β-amino-alcohol motifs (C(OH)–C–C–N with tert-alkyl or cyclic N) is 1. The number of ether oxygens (including phenoxy) is 1. The van der Waals surface area contributed by atoms with E-state index >= 15 is 0 Å². The topological polar surface area (TPSA) is 73.8 Å². The van der Waals surface area contributed by atoms with Crippen molar-refractivity contribution in [1.82, 2.24) is 14.9 Å². The number of aliphatic hydroxyl groups is 1. The smallest absolute Gasteiger partial charge is 0.134 e. The quantitative estimate of drug-likeness (QED) is 0.827. The van der Waals surface area contributed by atoms with Gasteiger partial charge in [0.05, 0.1) is 25.4 Å². The first-order chi connectivity index (χ1) is 13.8. The van der Waals surface area contributed by atoms with E-state index in [0.717, 1.165) is 57.3 Å². The zero-order valence-corrected chi connectivity index (χ0v) is 16.0. The summed E-state index contributed by atoms with van der Waals surface area (Å²) in [6.45, 7) is 4.90. The van der Waals surface area contributed by atoms with E-state index in [0.29, 0.717) is 12.6 Å². The minimum atomic E-state index is -0.384. The molecule has 148 valence electrons. The molecule has 2 saturated heterocycles. The van der Waals surface area contributed by atoms with Gasteiger partial charge in [-0.25, -0.2) is 9.97 Å². The van der Waals surface area contributed by atoms with Crippen molar-refractivity contribution in [2.45, 2.75) is 37.6 Å². The number of piperidine rings is 1. The van der Waals surface area contributed by atoms with Gasteiger partial charge in [-0.1, -0.05) is 24.3 Å². The Hall–Kier alpha value is -2.22. The molecule has 1 aromatic heterocycles. The number of fused-ring (bicyclic) bond motifs is 1. The highest BCUT2D eigenvalue weighted by molar-refractivity contribution is 5.49. The molecule has 0 saturated carbocycles. The van der Waals surface area contributed by atoms with Crippen molar-refractivity contribution in [3.8, 4) is 0 Å². The van der Waals surface area contributed by atoms with Crippen molar-refractivity contribution >= 4 is 11.6 Å². The summed E-state index contributed by atoms with van der Waals surface area (Å²) >= 11 is 0. The predicted octanol–water partition coefficient (Wildman–Crippen LogP) is 1.29. The molecule has 1 aromatic carbocycles. The minimum Gasteiger partial charge on any atom is -0.390 e. The van der Waals surface area contributed by atoms with E-state index in [1.807, 2.05) is 6.07 Å². The largest absolute Gasteiger partial charge is 0.390 e. The average molecular weight is 381 g/mol. The third-order valence-electron chi connectivity index (χ3n) is 6.14. The monoisotopic (exact) mass is 381 g/mol. The second-order valence-corrected chi connectivity index (χ2v) is 8.00. The summed E-state index contributed by atoms with van der Waals surface area (Å²) in [5, 5.41) is 14.3. The SMILES string of the molecule is OC1CN(c2cc(NC3COC3)ncn2)CCC1N1CCc2ccccc2C1. The van der Waals surface area contributed by atoms with E-state index in [1.54, 1.807) is 6.33 Å². The first-order valence-corrected chi connectivity index (χ1v) is 10.2. The van der Waals surface area contributed by atoms with Gasteiger partial charge in [0.15, 0.2) is 0 Å². The fourth-order valence-electron chi connectivity index (χ4n) is 4.48. The van der Waals surface area contributed by atoms with Gasteiger partial charge in [0.25, 0.3) is 0 Å². The highest BCUT2D eigenvalue weighted by Gasteiger charge is 2.34. The zero-order chi connectivity index (χ0) is 18.9. The van der Waals surface area contributed by atoms with Crippen molar-refractivity contribution < 1.29 is 9.84 Å². The molecule has 0 radical (unpaired) electrons. The molecule has 0 spiro atoms. The Morgan fingerprint density at radius 1 is 1.11 bits per heavy atom. The molecule has 0 aliphatic carbocycles. The molecule has 2 N–H and O–H groups in total. The maximum atomic E-state index is 10.9. The molecule has 4 heterocycles. The van der Waals surface area contributed by atoms with Gasteiger partial charge in [0, 0.05) is 38.3 Å². The van der Waals surface area contributed by atoms with Crippen molar-refractivity contribution in [2.75, 3.05) is 43.1 Å². The van der Waals surface area contributed by atoms with Gasteiger partial charge in [-0.15, -0.1) is 0 Å². The van der Waals surface area contributed by atoms with E-state index < -0.39 is 0 Å². The highest BCUT2D eigenvalue weighted by atomic mass is 16.5. The summed E-state index contributed by atoms with van der Waals surface area (Å²) in [6.07, 6.45) is 3.21. The first kappa shape index (κ1) is 17.8. The van der Waals surface area contributed by atoms with Gasteiger partial charge < -0.3 is 20.1 Å². The summed E-state index contributed by atoms with van der Waals surface area (Å²) in [7, 11) is 0. The van der Waals surface area contributed by atoms with Crippen LogP contribution in [0, 0.1) is 0 Å². The molecule has 28 heavy (non-hydrogen) atoms. The number of rotatable bonds is 4. The predicted molar refractivity (Wildman–Crippen MR) is 107 cm³/mol. The average Bonchev–Trinajstić information content (AvgIpc) is 2.70. The van der Waals surface area contributed by atoms with Crippen LogP contribution in [0.25, 0.3) is 0 Å². The lowest BCUT2D eigenvalue weighted by atomic mass is 9.94. The van der Waals surface area contributed by atoms with E-state index in [2.05, 4.69) is 49.4 Å². The maximum absolute atomic E-state index is 10.9. The van der Waals surface area contributed by atoms with Crippen molar-refractivity contribution in [1.29, 1.82) is 0 Å². The lowest BCUT2D eigenvalue weighted by Crippen LogP contribution is -2.55. The van der Waals surface area contributed by atoms with Gasteiger partial charge in [0.1, 0.15) is 18.0 Å². The normalized spacial score (nSPS) is 25.8. The van der Waals surface area contributed by atoms with Crippen molar-refractivity contribution in [2.24, 2.45) is 0 Å². The molecule has 2 atom stereocenters. The van der Waals surface area contributed by atoms with Crippen LogP contribution >= 0.6 is 0 Å². The van der Waals surface area contributed by atoms with Crippen LogP contribution in [0.1, 0.15) is 17.5 Å². The van der Waals surface area contributed by atoms with E-state index in [-0.39, 0.29) is 12.1 Å². The van der Waals surface area contributed by atoms with Crippen molar-refractivity contribution in [3.05, 3.63) is 47.8 Å². The lowest BCUT2D eigenvalue weighted by molar-refractivity contribution is 0.0209. The molecule has 7 heteroatoms. The second-order valence-electron chi connectivity index (χ2n) is 8.00.